The predicted octanol–water partition coefficient (Wildman–Crippen LogP) is 3.71. The molecule has 0 N–H and O–H groups in total. The molecule has 0 aliphatic heterocycles. The average Bonchev–Trinajstić information content (AvgIpc) is 2.56. The monoisotopic (exact) mass is 339 g/mol. The second kappa shape index (κ2) is 7.21. The number of hydrogen-bond acceptors (Lipinski definition) is 1. The molecule has 1 nitrogen and oxygen atoms in total. The second-order valence-electron chi connectivity index (χ2n) is 4.77. The fourth-order valence-electron chi connectivity index (χ4n) is 2.26. The van der Waals surface area contributed by atoms with E-state index in [4.69, 9.17) is 0 Å². The normalized spacial score (nSPS) is 11.2. The van der Waals surface area contributed by atoms with Gasteiger partial charge in [0.25, 0.3) is 0 Å². The molecule has 3 aromatic rings. The first kappa shape index (κ1) is 14.1. The Morgan fingerprint density at radius 2 is 1.57 bits per heavy atom. The number of nitrogens with zero attached hydrogens (tertiary/aromatic N) is 1. The van der Waals surface area contributed by atoms with Crippen LogP contribution in [-0.4, -0.2) is 27.7 Å². The molecular weight excluding hydrogens is 321 g/mol. The van der Waals surface area contributed by atoms with E-state index in [2.05, 4.69) is 77.8 Å². The van der Waals surface area contributed by atoms with E-state index in [9.17, 15) is 0 Å². The van der Waals surface area contributed by atoms with Crippen molar-refractivity contribution in [2.75, 3.05) is 6.54 Å². The van der Waals surface area contributed by atoms with Gasteiger partial charge in [0, 0.05) is 0 Å². The van der Waals surface area contributed by atoms with Crippen LogP contribution >= 0.6 is 0 Å². The maximum absolute atomic E-state index is 4.60. The van der Waals surface area contributed by atoms with Crippen LogP contribution in [0.1, 0.15) is 5.56 Å². The molecule has 0 bridgehead atoms. The Kier molecular flexibility index (Phi) is 4.83. The third-order valence-corrected chi connectivity index (χ3v) is 5.37. The van der Waals surface area contributed by atoms with Crippen LogP contribution in [0.15, 0.2) is 77.8 Å². The number of aliphatic imine (C=N–C) groups is 1. The van der Waals surface area contributed by atoms with Gasteiger partial charge in [-0.1, -0.05) is 0 Å². The molecule has 0 saturated carbocycles. The summed E-state index contributed by atoms with van der Waals surface area (Å²) in [4.78, 5) is 4.60. The van der Waals surface area contributed by atoms with E-state index in [1.807, 2.05) is 6.21 Å². The molecule has 0 aliphatic carbocycles. The first-order chi connectivity index (χ1) is 10.4. The fourth-order valence-corrected chi connectivity index (χ4v) is 3.90. The van der Waals surface area contributed by atoms with Crippen LogP contribution in [0, 0.1) is 0 Å². The van der Waals surface area contributed by atoms with Crippen molar-refractivity contribution >= 4 is 36.4 Å². The van der Waals surface area contributed by atoms with Gasteiger partial charge >= 0.3 is 132 Å². The van der Waals surface area contributed by atoms with Crippen molar-refractivity contribution in [2.24, 2.45) is 4.99 Å². The van der Waals surface area contributed by atoms with E-state index in [1.54, 1.807) is 0 Å². The van der Waals surface area contributed by atoms with Gasteiger partial charge in [0.1, 0.15) is 0 Å². The molecule has 0 saturated heterocycles. The number of fused-ring (bicyclic) bond motifs is 1. The molecule has 0 aromatic heterocycles. The molecule has 3 rings (SSSR count). The standard InChI is InChI=1S/C19H17NSe/c1-2-10-18(11-3-1)21-14-13-20-15-17-9-6-8-16-7-4-5-12-19(16)17/h1-12,15H,13-14H2. The van der Waals surface area contributed by atoms with E-state index in [1.165, 1.54) is 20.8 Å². The van der Waals surface area contributed by atoms with E-state index >= 15 is 0 Å². The zero-order valence-corrected chi connectivity index (χ0v) is 13.5. The summed E-state index contributed by atoms with van der Waals surface area (Å²) >= 11 is 0.525. The van der Waals surface area contributed by atoms with Crippen LogP contribution in [0.4, 0.5) is 0 Å². The molecule has 104 valence electrons. The first-order valence-electron chi connectivity index (χ1n) is 7.09. The van der Waals surface area contributed by atoms with Gasteiger partial charge in [0.05, 0.1) is 0 Å². The first-order valence-corrected chi connectivity index (χ1v) is 9.16. The topological polar surface area (TPSA) is 12.4 Å². The van der Waals surface area contributed by atoms with Crippen molar-refractivity contribution in [2.45, 2.75) is 5.32 Å². The zero-order chi connectivity index (χ0) is 14.3. The van der Waals surface area contributed by atoms with Crippen molar-refractivity contribution in [1.82, 2.24) is 0 Å². The Balaban J connectivity index is 1.61. The van der Waals surface area contributed by atoms with Gasteiger partial charge < -0.3 is 0 Å². The van der Waals surface area contributed by atoms with Crippen LogP contribution in [0.25, 0.3) is 10.8 Å². The quantitative estimate of drug-likeness (QED) is 0.382. The van der Waals surface area contributed by atoms with Crippen LogP contribution in [0.2, 0.25) is 5.32 Å². The van der Waals surface area contributed by atoms with Gasteiger partial charge in [-0.25, -0.2) is 0 Å². The number of hydrogen-bond donors (Lipinski definition) is 0. The van der Waals surface area contributed by atoms with Gasteiger partial charge in [-0.3, -0.25) is 0 Å². The third-order valence-electron chi connectivity index (χ3n) is 3.29. The van der Waals surface area contributed by atoms with Gasteiger partial charge in [0.15, 0.2) is 0 Å². The molecule has 0 spiro atoms. The molecule has 0 unspecified atom stereocenters. The number of benzene rings is 3. The van der Waals surface area contributed by atoms with Gasteiger partial charge in [0.2, 0.25) is 0 Å². The van der Waals surface area contributed by atoms with Crippen LogP contribution < -0.4 is 4.46 Å². The molecule has 0 atom stereocenters. The van der Waals surface area contributed by atoms with Crippen molar-refractivity contribution in [3.8, 4) is 0 Å². The van der Waals surface area contributed by atoms with Gasteiger partial charge in [-0.05, 0) is 0 Å². The summed E-state index contributed by atoms with van der Waals surface area (Å²) in [5.41, 5.74) is 1.21. The van der Waals surface area contributed by atoms with Crippen molar-refractivity contribution in [1.29, 1.82) is 0 Å². The van der Waals surface area contributed by atoms with Crippen molar-refractivity contribution < 1.29 is 0 Å². The molecule has 0 amide bonds. The summed E-state index contributed by atoms with van der Waals surface area (Å²) in [5, 5.41) is 3.70. The molecular formula is C19H17NSe. The average molecular weight is 338 g/mol. The van der Waals surface area contributed by atoms with Crippen molar-refractivity contribution in [3.05, 3.63) is 78.4 Å². The minimum atomic E-state index is 0.525. The van der Waals surface area contributed by atoms with Gasteiger partial charge in [-0.2, -0.15) is 0 Å². The van der Waals surface area contributed by atoms with E-state index in [0.29, 0.717) is 15.0 Å². The summed E-state index contributed by atoms with van der Waals surface area (Å²) < 4.78 is 1.45. The molecule has 3 aromatic carbocycles. The summed E-state index contributed by atoms with van der Waals surface area (Å²) in [6, 6.07) is 25.5. The zero-order valence-electron chi connectivity index (χ0n) is 11.8. The Hall–Kier alpha value is -1.89. The predicted molar refractivity (Wildman–Crippen MR) is 93.0 cm³/mol. The molecule has 2 heteroatoms. The summed E-state index contributed by atoms with van der Waals surface area (Å²) in [6.07, 6.45) is 2.02. The molecule has 21 heavy (non-hydrogen) atoms. The molecule has 0 fully saturated rings. The van der Waals surface area contributed by atoms with Crippen LogP contribution in [0.5, 0.6) is 0 Å². The van der Waals surface area contributed by atoms with E-state index < -0.39 is 0 Å². The van der Waals surface area contributed by atoms with Crippen LogP contribution in [-0.2, 0) is 0 Å². The SMILES string of the molecule is C(=NCC[Se]c1ccccc1)c1cccc2ccccc12. The summed E-state index contributed by atoms with van der Waals surface area (Å²) in [7, 11) is 0. The molecule has 0 aliphatic rings. The maximum atomic E-state index is 4.60. The Morgan fingerprint density at radius 1 is 0.810 bits per heavy atom. The second-order valence-corrected chi connectivity index (χ2v) is 7.22. The molecule has 0 heterocycles. The minimum absolute atomic E-state index is 0.525. The van der Waals surface area contributed by atoms with Gasteiger partial charge in [-0.15, -0.1) is 0 Å². The summed E-state index contributed by atoms with van der Waals surface area (Å²) in [6.45, 7) is 0.901. The van der Waals surface area contributed by atoms with E-state index in [0.717, 1.165) is 11.9 Å². The molecule has 0 radical (unpaired) electrons. The Labute approximate surface area is 131 Å². The fraction of sp³-hybridized carbons (Fsp3) is 0.105. The number of rotatable bonds is 5. The van der Waals surface area contributed by atoms with Crippen molar-refractivity contribution in [3.63, 3.8) is 0 Å². The summed E-state index contributed by atoms with van der Waals surface area (Å²) in [5.74, 6) is 0. The Bertz CT molecular complexity index is 729. The van der Waals surface area contributed by atoms with Crippen LogP contribution in [0.3, 0.4) is 0 Å². The Morgan fingerprint density at radius 3 is 2.48 bits per heavy atom. The van der Waals surface area contributed by atoms with E-state index in [-0.39, 0.29) is 0 Å². The third kappa shape index (κ3) is 3.81.